The monoisotopic (exact) mass is 416 g/mol. The minimum Gasteiger partial charge on any atom is -0.502 e. The summed E-state index contributed by atoms with van der Waals surface area (Å²) in [5.74, 6) is -0.380. The lowest BCUT2D eigenvalue weighted by Crippen LogP contribution is -2.60. The van der Waals surface area contributed by atoms with E-state index in [1.54, 1.807) is 30.3 Å². The summed E-state index contributed by atoms with van der Waals surface area (Å²) in [6.45, 7) is -0.586. The van der Waals surface area contributed by atoms with Crippen molar-refractivity contribution in [2.24, 2.45) is 0 Å². The lowest BCUT2D eigenvalue weighted by molar-refractivity contribution is -0.277. The number of aliphatic hydroxyl groups excluding tert-OH is 4. The van der Waals surface area contributed by atoms with Gasteiger partial charge in [-0.05, 0) is 12.1 Å². The molecule has 9 heteroatoms. The third-order valence-electron chi connectivity index (χ3n) is 4.98. The summed E-state index contributed by atoms with van der Waals surface area (Å²) in [5, 5.41) is 49.5. The number of ether oxygens (including phenoxy) is 2. The van der Waals surface area contributed by atoms with Crippen molar-refractivity contribution >= 4 is 11.0 Å². The molecule has 9 nitrogen and oxygen atoms in total. The van der Waals surface area contributed by atoms with Crippen LogP contribution in [0.2, 0.25) is 0 Å². The van der Waals surface area contributed by atoms with Gasteiger partial charge < -0.3 is 39.4 Å². The van der Waals surface area contributed by atoms with Crippen LogP contribution in [0.4, 0.5) is 0 Å². The molecule has 1 aromatic heterocycles. The second-order valence-corrected chi connectivity index (χ2v) is 6.95. The maximum absolute atomic E-state index is 12.5. The van der Waals surface area contributed by atoms with Gasteiger partial charge in [0.15, 0.2) is 5.76 Å². The fourth-order valence-corrected chi connectivity index (χ4v) is 3.32. The molecule has 158 valence electrons. The van der Waals surface area contributed by atoms with Gasteiger partial charge in [0.1, 0.15) is 35.7 Å². The third-order valence-corrected chi connectivity index (χ3v) is 4.98. The number of hydrogen-bond donors (Lipinski definition) is 5. The highest BCUT2D eigenvalue weighted by Crippen LogP contribution is 2.32. The van der Waals surface area contributed by atoms with Crippen LogP contribution in [0.3, 0.4) is 0 Å². The van der Waals surface area contributed by atoms with Gasteiger partial charge in [-0.25, -0.2) is 0 Å². The first-order valence-corrected chi connectivity index (χ1v) is 9.23. The van der Waals surface area contributed by atoms with E-state index >= 15 is 0 Å². The van der Waals surface area contributed by atoms with E-state index in [1.165, 1.54) is 18.2 Å². The van der Waals surface area contributed by atoms with Gasteiger partial charge in [0.25, 0.3) is 0 Å². The van der Waals surface area contributed by atoms with Crippen molar-refractivity contribution in [2.75, 3.05) is 6.61 Å². The molecule has 0 aliphatic carbocycles. The second-order valence-electron chi connectivity index (χ2n) is 6.95. The van der Waals surface area contributed by atoms with E-state index in [2.05, 4.69) is 0 Å². The molecule has 2 heterocycles. The fraction of sp³-hybridized carbons (Fsp3) is 0.286. The molecule has 0 spiro atoms. The van der Waals surface area contributed by atoms with Crippen LogP contribution in [-0.4, -0.2) is 62.8 Å². The maximum Gasteiger partial charge on any atom is 0.235 e. The van der Waals surface area contributed by atoms with Crippen molar-refractivity contribution in [3.63, 3.8) is 0 Å². The van der Waals surface area contributed by atoms with Crippen LogP contribution in [0.5, 0.6) is 11.5 Å². The zero-order valence-corrected chi connectivity index (χ0v) is 15.6. The van der Waals surface area contributed by atoms with Gasteiger partial charge in [-0.1, -0.05) is 30.3 Å². The van der Waals surface area contributed by atoms with Crippen molar-refractivity contribution in [3.8, 4) is 22.8 Å². The van der Waals surface area contributed by atoms with E-state index in [4.69, 9.17) is 13.9 Å². The molecule has 1 aliphatic rings. The van der Waals surface area contributed by atoms with Crippen molar-refractivity contribution in [2.45, 2.75) is 30.7 Å². The molecule has 5 N–H and O–H groups in total. The molecule has 5 atom stereocenters. The third kappa shape index (κ3) is 3.53. The van der Waals surface area contributed by atoms with Crippen LogP contribution in [0.25, 0.3) is 22.3 Å². The van der Waals surface area contributed by atoms with Crippen molar-refractivity contribution < 1.29 is 39.4 Å². The Morgan fingerprint density at radius 2 is 1.70 bits per heavy atom. The van der Waals surface area contributed by atoms with Crippen LogP contribution in [0.1, 0.15) is 0 Å². The molecule has 0 radical (unpaired) electrons. The van der Waals surface area contributed by atoms with E-state index in [0.29, 0.717) is 5.56 Å². The van der Waals surface area contributed by atoms with Gasteiger partial charge >= 0.3 is 0 Å². The number of benzene rings is 2. The summed E-state index contributed by atoms with van der Waals surface area (Å²) in [4.78, 5) is 12.5. The van der Waals surface area contributed by atoms with Crippen LogP contribution in [0, 0.1) is 0 Å². The Labute approximate surface area is 170 Å². The van der Waals surface area contributed by atoms with E-state index in [0.717, 1.165) is 0 Å². The summed E-state index contributed by atoms with van der Waals surface area (Å²) in [5.41, 5.74) is 0.0162. The van der Waals surface area contributed by atoms with Crippen molar-refractivity contribution in [1.82, 2.24) is 0 Å². The van der Waals surface area contributed by atoms with Crippen LogP contribution >= 0.6 is 0 Å². The summed E-state index contributed by atoms with van der Waals surface area (Å²) in [6.07, 6.45) is -7.16. The van der Waals surface area contributed by atoms with Gasteiger partial charge in [-0.15, -0.1) is 0 Å². The highest BCUT2D eigenvalue weighted by Gasteiger charge is 2.44. The number of rotatable bonds is 4. The first-order valence-electron chi connectivity index (χ1n) is 9.23. The van der Waals surface area contributed by atoms with Gasteiger partial charge in [0.05, 0.1) is 12.0 Å². The standard InChI is InChI=1S/C21H20O9/c22-9-14-16(24)17(25)19(27)21(30-14)28-11-6-7-12-13(8-11)29-20(18(26)15(12)23)10-4-2-1-3-5-10/h1-8,14,16-17,19,21-22,24-27H,9H2. The molecular formula is C21H20O9. The van der Waals surface area contributed by atoms with Gasteiger partial charge in [-0.3, -0.25) is 4.79 Å². The maximum atomic E-state index is 12.5. The van der Waals surface area contributed by atoms with Crippen molar-refractivity contribution in [1.29, 1.82) is 0 Å². The Kier molecular flexibility index (Phi) is 5.46. The van der Waals surface area contributed by atoms with Crippen LogP contribution < -0.4 is 10.2 Å². The molecule has 3 aromatic rings. The van der Waals surface area contributed by atoms with E-state index in [9.17, 15) is 30.3 Å². The van der Waals surface area contributed by atoms with E-state index in [1.807, 2.05) is 0 Å². The molecule has 0 saturated carbocycles. The largest absolute Gasteiger partial charge is 0.502 e. The molecule has 0 amide bonds. The topological polar surface area (TPSA) is 150 Å². The smallest absolute Gasteiger partial charge is 0.235 e. The highest BCUT2D eigenvalue weighted by atomic mass is 16.7. The molecule has 2 aromatic carbocycles. The number of fused-ring (bicyclic) bond motifs is 1. The molecule has 1 fully saturated rings. The number of aromatic hydroxyl groups is 1. The Morgan fingerprint density at radius 1 is 0.967 bits per heavy atom. The highest BCUT2D eigenvalue weighted by molar-refractivity contribution is 5.82. The first kappa shape index (κ1) is 20.3. The molecule has 4 rings (SSSR count). The van der Waals surface area contributed by atoms with Gasteiger partial charge in [0.2, 0.25) is 17.5 Å². The Hall–Kier alpha value is -2.95. The lowest BCUT2D eigenvalue weighted by atomic mass is 9.99. The summed E-state index contributed by atoms with van der Waals surface area (Å²) in [6, 6.07) is 12.8. The van der Waals surface area contributed by atoms with Crippen LogP contribution in [-0.2, 0) is 4.74 Å². The van der Waals surface area contributed by atoms with Crippen molar-refractivity contribution in [3.05, 3.63) is 58.8 Å². The zero-order chi connectivity index (χ0) is 21.4. The summed E-state index contributed by atoms with van der Waals surface area (Å²) < 4.78 is 16.6. The summed E-state index contributed by atoms with van der Waals surface area (Å²) >= 11 is 0. The minimum absolute atomic E-state index is 0.00177. The second kappa shape index (κ2) is 8.05. The average Bonchev–Trinajstić information content (AvgIpc) is 2.77. The molecule has 30 heavy (non-hydrogen) atoms. The number of hydrogen-bond acceptors (Lipinski definition) is 9. The van der Waals surface area contributed by atoms with Crippen LogP contribution in [0.15, 0.2) is 57.7 Å². The zero-order valence-electron chi connectivity index (χ0n) is 15.6. The lowest BCUT2D eigenvalue weighted by Gasteiger charge is -2.39. The predicted octanol–water partition coefficient (Wildman–Crippen LogP) is 0.344. The average molecular weight is 416 g/mol. The molecule has 5 unspecified atom stereocenters. The first-order chi connectivity index (χ1) is 14.4. The summed E-state index contributed by atoms with van der Waals surface area (Å²) in [7, 11) is 0. The predicted molar refractivity (Wildman–Crippen MR) is 104 cm³/mol. The Bertz CT molecular complexity index is 1090. The van der Waals surface area contributed by atoms with E-state index in [-0.39, 0.29) is 22.5 Å². The SMILES string of the molecule is O=c1c(O)c(-c2ccccc2)oc2cc(OC3OC(CO)C(O)C(O)C3O)ccc12. The van der Waals surface area contributed by atoms with E-state index < -0.39 is 48.5 Å². The van der Waals surface area contributed by atoms with Gasteiger partial charge in [0, 0.05) is 11.6 Å². The molecule has 1 aliphatic heterocycles. The minimum atomic E-state index is -1.58. The Balaban J connectivity index is 1.69. The molecular weight excluding hydrogens is 396 g/mol. The normalized spacial score (nSPS) is 26.6. The molecule has 0 bridgehead atoms. The Morgan fingerprint density at radius 3 is 2.40 bits per heavy atom. The fourth-order valence-electron chi connectivity index (χ4n) is 3.32. The molecule has 1 saturated heterocycles. The quantitative estimate of drug-likeness (QED) is 0.406. The van der Waals surface area contributed by atoms with Gasteiger partial charge in [-0.2, -0.15) is 0 Å². The number of aliphatic hydroxyl groups is 4.